The zero-order valence-electron chi connectivity index (χ0n) is 15.6. The molecule has 8 heteroatoms. The van der Waals surface area contributed by atoms with Gasteiger partial charge in [0.2, 0.25) is 0 Å². The van der Waals surface area contributed by atoms with Gasteiger partial charge in [0.25, 0.3) is 5.91 Å². The SMILES string of the molecule is COc1ccc2[nH]cc(CCNC(=O)c3ccc(-n4nnnc4C)cc3)c2c1. The summed E-state index contributed by atoms with van der Waals surface area (Å²) in [5.74, 6) is 1.39. The summed E-state index contributed by atoms with van der Waals surface area (Å²) in [5.41, 5.74) is 3.59. The Morgan fingerprint density at radius 1 is 1.21 bits per heavy atom. The lowest BCUT2D eigenvalue weighted by Crippen LogP contribution is -2.25. The van der Waals surface area contributed by atoms with Gasteiger partial charge in [-0.25, -0.2) is 0 Å². The predicted molar refractivity (Wildman–Crippen MR) is 105 cm³/mol. The maximum Gasteiger partial charge on any atom is 0.251 e. The van der Waals surface area contributed by atoms with Gasteiger partial charge in [0, 0.05) is 29.2 Å². The maximum absolute atomic E-state index is 12.4. The van der Waals surface area contributed by atoms with Gasteiger partial charge in [0.05, 0.1) is 12.8 Å². The summed E-state index contributed by atoms with van der Waals surface area (Å²) in [6.45, 7) is 2.36. The van der Waals surface area contributed by atoms with Crippen molar-refractivity contribution in [3.63, 3.8) is 0 Å². The molecule has 0 spiro atoms. The van der Waals surface area contributed by atoms with Gasteiger partial charge in [0.1, 0.15) is 5.75 Å². The quantitative estimate of drug-likeness (QED) is 0.539. The zero-order valence-corrected chi connectivity index (χ0v) is 15.6. The van der Waals surface area contributed by atoms with Crippen molar-refractivity contribution in [2.75, 3.05) is 13.7 Å². The minimum Gasteiger partial charge on any atom is -0.497 e. The molecule has 4 aromatic rings. The van der Waals surface area contributed by atoms with Gasteiger partial charge in [-0.05, 0) is 71.8 Å². The number of rotatable bonds is 6. The Morgan fingerprint density at radius 3 is 2.75 bits per heavy atom. The van der Waals surface area contributed by atoms with Crippen molar-refractivity contribution in [2.45, 2.75) is 13.3 Å². The molecule has 2 aromatic heterocycles. The summed E-state index contributed by atoms with van der Waals surface area (Å²) in [7, 11) is 1.65. The molecule has 0 atom stereocenters. The average Bonchev–Trinajstić information content (AvgIpc) is 3.33. The van der Waals surface area contributed by atoms with E-state index in [1.807, 2.05) is 43.5 Å². The fraction of sp³-hybridized carbons (Fsp3) is 0.200. The van der Waals surface area contributed by atoms with Crippen molar-refractivity contribution in [2.24, 2.45) is 0 Å². The number of fused-ring (bicyclic) bond motifs is 1. The Morgan fingerprint density at radius 2 is 2.04 bits per heavy atom. The van der Waals surface area contributed by atoms with Crippen LogP contribution in [0, 0.1) is 6.92 Å². The Bertz CT molecular complexity index is 1110. The second-order valence-corrected chi connectivity index (χ2v) is 6.42. The molecule has 8 nitrogen and oxygen atoms in total. The van der Waals surface area contributed by atoms with E-state index in [0.717, 1.165) is 34.3 Å². The number of ether oxygens (including phenoxy) is 1. The summed E-state index contributed by atoms with van der Waals surface area (Å²) < 4.78 is 6.91. The van der Waals surface area contributed by atoms with Crippen LogP contribution in [0.3, 0.4) is 0 Å². The van der Waals surface area contributed by atoms with E-state index in [2.05, 4.69) is 25.8 Å². The molecule has 0 saturated carbocycles. The third-order valence-electron chi connectivity index (χ3n) is 4.65. The molecular formula is C20H20N6O2. The van der Waals surface area contributed by atoms with Gasteiger partial charge in [0.15, 0.2) is 5.82 Å². The first-order chi connectivity index (χ1) is 13.7. The number of methoxy groups -OCH3 is 1. The number of H-pyrrole nitrogens is 1. The summed E-state index contributed by atoms with van der Waals surface area (Å²) in [4.78, 5) is 15.7. The number of hydrogen-bond acceptors (Lipinski definition) is 5. The van der Waals surface area contributed by atoms with E-state index < -0.39 is 0 Å². The van der Waals surface area contributed by atoms with Crippen LogP contribution in [0.4, 0.5) is 0 Å². The van der Waals surface area contributed by atoms with Gasteiger partial charge in [-0.15, -0.1) is 5.10 Å². The molecule has 4 rings (SSSR count). The fourth-order valence-corrected chi connectivity index (χ4v) is 3.13. The topological polar surface area (TPSA) is 97.7 Å². The van der Waals surface area contributed by atoms with Crippen LogP contribution < -0.4 is 10.1 Å². The molecule has 0 saturated heterocycles. The number of aryl methyl sites for hydroxylation is 1. The molecule has 0 aliphatic heterocycles. The van der Waals surface area contributed by atoms with Crippen LogP contribution >= 0.6 is 0 Å². The van der Waals surface area contributed by atoms with E-state index >= 15 is 0 Å². The zero-order chi connectivity index (χ0) is 19.5. The highest BCUT2D eigenvalue weighted by Crippen LogP contribution is 2.23. The Hall–Kier alpha value is -3.68. The molecule has 0 radical (unpaired) electrons. The molecule has 2 aromatic carbocycles. The van der Waals surface area contributed by atoms with Crippen LogP contribution in [0.25, 0.3) is 16.6 Å². The van der Waals surface area contributed by atoms with Gasteiger partial charge in [-0.3, -0.25) is 4.79 Å². The molecule has 0 bridgehead atoms. The fourth-order valence-electron chi connectivity index (χ4n) is 3.13. The summed E-state index contributed by atoms with van der Waals surface area (Å²) in [6.07, 6.45) is 2.69. The Kier molecular flexibility index (Phi) is 4.76. The predicted octanol–water partition coefficient (Wildman–Crippen LogP) is 2.43. The molecule has 0 aliphatic carbocycles. The number of nitrogens with one attached hydrogen (secondary N) is 2. The second kappa shape index (κ2) is 7.51. The molecule has 28 heavy (non-hydrogen) atoms. The number of tetrazole rings is 1. The van der Waals surface area contributed by atoms with E-state index in [-0.39, 0.29) is 5.91 Å². The van der Waals surface area contributed by atoms with Crippen molar-refractivity contribution in [3.8, 4) is 11.4 Å². The van der Waals surface area contributed by atoms with Crippen molar-refractivity contribution in [3.05, 3.63) is 65.6 Å². The molecule has 0 unspecified atom stereocenters. The summed E-state index contributed by atoms with van der Waals surface area (Å²) in [6, 6.07) is 13.1. The number of hydrogen-bond donors (Lipinski definition) is 2. The van der Waals surface area contributed by atoms with E-state index in [1.165, 1.54) is 0 Å². The largest absolute Gasteiger partial charge is 0.497 e. The molecule has 2 N–H and O–H groups in total. The number of carbonyl (C=O) groups is 1. The van der Waals surface area contributed by atoms with Crippen LogP contribution in [0.5, 0.6) is 5.75 Å². The highest BCUT2D eigenvalue weighted by Gasteiger charge is 2.09. The van der Waals surface area contributed by atoms with Crippen LogP contribution in [0.1, 0.15) is 21.7 Å². The summed E-state index contributed by atoms with van der Waals surface area (Å²) in [5, 5.41) is 15.5. The normalized spacial score (nSPS) is 10.9. The van der Waals surface area contributed by atoms with Gasteiger partial charge in [-0.2, -0.15) is 4.68 Å². The van der Waals surface area contributed by atoms with Crippen LogP contribution in [-0.2, 0) is 6.42 Å². The molecule has 0 fully saturated rings. The minimum absolute atomic E-state index is 0.114. The van der Waals surface area contributed by atoms with Crippen molar-refractivity contribution >= 4 is 16.8 Å². The van der Waals surface area contributed by atoms with Crippen molar-refractivity contribution in [1.82, 2.24) is 30.5 Å². The number of nitrogens with zero attached hydrogens (tertiary/aromatic N) is 4. The lowest BCUT2D eigenvalue weighted by molar-refractivity contribution is 0.0954. The maximum atomic E-state index is 12.4. The Labute approximate surface area is 161 Å². The highest BCUT2D eigenvalue weighted by molar-refractivity contribution is 5.94. The van der Waals surface area contributed by atoms with Gasteiger partial charge < -0.3 is 15.0 Å². The first-order valence-corrected chi connectivity index (χ1v) is 8.93. The molecule has 0 aliphatic rings. The van der Waals surface area contributed by atoms with E-state index in [4.69, 9.17) is 4.74 Å². The monoisotopic (exact) mass is 376 g/mol. The van der Waals surface area contributed by atoms with Crippen LogP contribution in [0.15, 0.2) is 48.7 Å². The van der Waals surface area contributed by atoms with Gasteiger partial charge >= 0.3 is 0 Å². The lowest BCUT2D eigenvalue weighted by atomic mass is 10.1. The van der Waals surface area contributed by atoms with Crippen molar-refractivity contribution < 1.29 is 9.53 Å². The van der Waals surface area contributed by atoms with Gasteiger partial charge in [-0.1, -0.05) is 0 Å². The van der Waals surface area contributed by atoms with Crippen LogP contribution in [-0.4, -0.2) is 44.8 Å². The van der Waals surface area contributed by atoms with E-state index in [1.54, 1.807) is 23.9 Å². The second-order valence-electron chi connectivity index (χ2n) is 6.42. The number of aromatic amines is 1. The molecule has 1 amide bonds. The lowest BCUT2D eigenvalue weighted by Gasteiger charge is -2.07. The highest BCUT2D eigenvalue weighted by atomic mass is 16.5. The van der Waals surface area contributed by atoms with Crippen LogP contribution in [0.2, 0.25) is 0 Å². The average molecular weight is 376 g/mol. The van der Waals surface area contributed by atoms with E-state index in [0.29, 0.717) is 17.9 Å². The minimum atomic E-state index is -0.114. The Balaban J connectivity index is 1.39. The molecular weight excluding hydrogens is 356 g/mol. The smallest absolute Gasteiger partial charge is 0.251 e. The standard InChI is InChI=1S/C20H20N6O2/c1-13-23-24-25-26(13)16-5-3-14(4-6-16)20(27)21-10-9-15-12-22-19-8-7-17(28-2)11-18(15)19/h3-8,11-12,22H,9-10H2,1-2H3,(H,21,27). The third kappa shape index (κ3) is 3.44. The third-order valence-corrected chi connectivity index (χ3v) is 4.65. The first-order valence-electron chi connectivity index (χ1n) is 8.93. The molecule has 2 heterocycles. The summed E-state index contributed by atoms with van der Waals surface area (Å²) >= 11 is 0. The van der Waals surface area contributed by atoms with Crippen molar-refractivity contribution in [1.29, 1.82) is 0 Å². The first kappa shape index (κ1) is 17.7. The number of aromatic nitrogens is 5. The number of carbonyl (C=O) groups excluding carboxylic acids is 1. The number of benzene rings is 2. The molecule has 142 valence electrons. The van der Waals surface area contributed by atoms with E-state index in [9.17, 15) is 4.79 Å². The number of amides is 1.